The summed E-state index contributed by atoms with van der Waals surface area (Å²) in [6.07, 6.45) is 1.41. The molecular formula is C21H23ClN2O3S2. The van der Waals surface area contributed by atoms with Crippen molar-refractivity contribution in [1.82, 2.24) is 4.90 Å². The van der Waals surface area contributed by atoms with Crippen molar-refractivity contribution in [3.8, 4) is 0 Å². The second kappa shape index (κ2) is 9.00. The van der Waals surface area contributed by atoms with Crippen molar-refractivity contribution < 1.29 is 14.3 Å². The summed E-state index contributed by atoms with van der Waals surface area (Å²) in [6.45, 7) is 0.341. The Hall–Kier alpha value is -1.67. The number of esters is 1. The van der Waals surface area contributed by atoms with Crippen LogP contribution in [-0.2, 0) is 14.3 Å². The molecule has 0 radical (unpaired) electrons. The number of carbonyl (C=O) groups is 2. The highest BCUT2D eigenvalue weighted by Gasteiger charge is 2.56. The summed E-state index contributed by atoms with van der Waals surface area (Å²) in [5.74, 6) is 0.189. The van der Waals surface area contributed by atoms with Gasteiger partial charge in [0.05, 0.1) is 0 Å². The van der Waals surface area contributed by atoms with Crippen LogP contribution < -0.4 is 5.73 Å². The van der Waals surface area contributed by atoms with Crippen molar-refractivity contribution in [2.45, 2.75) is 22.3 Å². The van der Waals surface area contributed by atoms with E-state index in [1.54, 1.807) is 16.7 Å². The average Bonchev–Trinajstić information content (AvgIpc) is 2.77. The number of hydrogen-bond donors (Lipinski definition) is 1. The molecule has 2 fully saturated rings. The number of benzene rings is 2. The van der Waals surface area contributed by atoms with Gasteiger partial charge in [0.15, 0.2) is 6.10 Å². The quantitative estimate of drug-likeness (QED) is 0.557. The van der Waals surface area contributed by atoms with Gasteiger partial charge in [-0.1, -0.05) is 60.7 Å². The molecule has 3 atom stereocenters. The van der Waals surface area contributed by atoms with E-state index in [0.717, 1.165) is 11.1 Å². The number of nitrogens with two attached hydrogens (primary N) is 1. The molecule has 2 heterocycles. The van der Waals surface area contributed by atoms with Crippen molar-refractivity contribution in [3.63, 3.8) is 0 Å². The zero-order valence-electron chi connectivity index (χ0n) is 15.9. The first kappa shape index (κ1) is 22.0. The maximum absolute atomic E-state index is 13.3. The van der Waals surface area contributed by atoms with Crippen LogP contribution >= 0.6 is 35.9 Å². The highest BCUT2D eigenvalue weighted by Crippen LogP contribution is 2.44. The molecular weight excluding hydrogens is 428 g/mol. The number of hydrogen-bond acceptors (Lipinski definition) is 6. The second-order valence-electron chi connectivity index (χ2n) is 7.00. The molecule has 2 aliphatic heterocycles. The SMILES string of the molecule is CSC1(C(=O)OC(c2ccccc2)c2ccccc2)CS[C@@H]2C(N)C(=O)N2C1.Cl. The first-order valence-electron chi connectivity index (χ1n) is 9.09. The van der Waals surface area contributed by atoms with Crippen molar-refractivity contribution in [2.24, 2.45) is 5.73 Å². The van der Waals surface area contributed by atoms with Gasteiger partial charge in [-0.05, 0) is 17.4 Å². The molecule has 5 nitrogen and oxygen atoms in total. The summed E-state index contributed by atoms with van der Waals surface area (Å²) in [4.78, 5) is 27.2. The molecule has 4 rings (SSSR count). The number of halogens is 1. The first-order valence-corrected chi connectivity index (χ1v) is 11.4. The maximum Gasteiger partial charge on any atom is 0.325 e. The van der Waals surface area contributed by atoms with Crippen LogP contribution in [0.4, 0.5) is 0 Å². The first-order chi connectivity index (χ1) is 13.6. The maximum atomic E-state index is 13.3. The van der Waals surface area contributed by atoms with Crippen LogP contribution in [0.5, 0.6) is 0 Å². The van der Waals surface area contributed by atoms with E-state index in [0.29, 0.717) is 12.3 Å². The fourth-order valence-corrected chi connectivity index (χ4v) is 6.07. The largest absolute Gasteiger partial charge is 0.451 e. The molecule has 0 aromatic heterocycles. The number of fused-ring (bicyclic) bond motifs is 1. The van der Waals surface area contributed by atoms with Crippen LogP contribution in [-0.4, -0.2) is 51.5 Å². The van der Waals surface area contributed by atoms with Gasteiger partial charge in [-0.3, -0.25) is 9.59 Å². The average molecular weight is 451 g/mol. The number of β-lactam (4-membered cyclic amide) rings is 1. The minimum Gasteiger partial charge on any atom is -0.451 e. The minimum absolute atomic E-state index is 0. The lowest BCUT2D eigenvalue weighted by atomic mass is 10.00. The summed E-state index contributed by atoms with van der Waals surface area (Å²) < 4.78 is 5.29. The van der Waals surface area contributed by atoms with Gasteiger partial charge in [0.2, 0.25) is 5.91 Å². The van der Waals surface area contributed by atoms with Gasteiger partial charge in [0.1, 0.15) is 16.2 Å². The fourth-order valence-electron chi connectivity index (χ4n) is 3.58. The Morgan fingerprint density at radius 1 is 1.17 bits per heavy atom. The Morgan fingerprint density at radius 3 is 2.24 bits per heavy atom. The van der Waals surface area contributed by atoms with E-state index in [9.17, 15) is 9.59 Å². The number of carbonyl (C=O) groups excluding carboxylic acids is 2. The molecule has 2 unspecified atom stereocenters. The number of nitrogens with zero attached hydrogens (tertiary/aromatic N) is 1. The Balaban J connectivity index is 0.00000240. The lowest BCUT2D eigenvalue weighted by Crippen LogP contribution is -2.73. The minimum atomic E-state index is -0.793. The second-order valence-corrected chi connectivity index (χ2v) is 9.29. The van der Waals surface area contributed by atoms with Gasteiger partial charge in [-0.2, -0.15) is 0 Å². The van der Waals surface area contributed by atoms with Crippen LogP contribution in [0.15, 0.2) is 60.7 Å². The van der Waals surface area contributed by atoms with E-state index in [1.807, 2.05) is 66.9 Å². The predicted octanol–water partition coefficient (Wildman–Crippen LogP) is 3.09. The summed E-state index contributed by atoms with van der Waals surface area (Å²) in [7, 11) is 0. The van der Waals surface area contributed by atoms with E-state index in [-0.39, 0.29) is 29.7 Å². The molecule has 154 valence electrons. The summed E-state index contributed by atoms with van der Waals surface area (Å²) in [5, 5.41) is -0.0281. The molecule has 1 amide bonds. The number of rotatable bonds is 5. The van der Waals surface area contributed by atoms with E-state index < -0.39 is 16.9 Å². The molecule has 0 spiro atoms. The topological polar surface area (TPSA) is 72.6 Å². The fraction of sp³-hybridized carbons (Fsp3) is 0.333. The number of amides is 1. The molecule has 0 saturated carbocycles. The third-order valence-corrected chi connectivity index (χ3v) is 8.24. The van der Waals surface area contributed by atoms with Crippen LogP contribution in [0.3, 0.4) is 0 Å². The summed E-state index contributed by atoms with van der Waals surface area (Å²) in [5.41, 5.74) is 7.72. The highest BCUT2D eigenvalue weighted by atomic mass is 35.5. The van der Waals surface area contributed by atoms with Gasteiger partial charge < -0.3 is 15.4 Å². The van der Waals surface area contributed by atoms with E-state index >= 15 is 0 Å². The van der Waals surface area contributed by atoms with Crippen molar-refractivity contribution >= 4 is 47.8 Å². The normalized spacial score (nSPS) is 25.6. The third kappa shape index (κ3) is 4.01. The monoisotopic (exact) mass is 450 g/mol. The summed E-state index contributed by atoms with van der Waals surface area (Å²) >= 11 is 3.01. The Labute approximate surface area is 185 Å². The Kier molecular flexibility index (Phi) is 6.83. The molecule has 0 aliphatic carbocycles. The van der Waals surface area contributed by atoms with Crippen LogP contribution in [0, 0.1) is 0 Å². The Morgan fingerprint density at radius 2 is 1.72 bits per heavy atom. The van der Waals surface area contributed by atoms with Crippen LogP contribution in [0.2, 0.25) is 0 Å². The van der Waals surface area contributed by atoms with E-state index in [1.165, 1.54) is 11.8 Å². The predicted molar refractivity (Wildman–Crippen MR) is 120 cm³/mol. The Bertz CT molecular complexity index is 831. The summed E-state index contributed by atoms with van der Waals surface area (Å²) in [6, 6.07) is 19.0. The third-order valence-electron chi connectivity index (χ3n) is 5.29. The molecule has 8 heteroatoms. The smallest absolute Gasteiger partial charge is 0.325 e. The number of ether oxygens (including phenoxy) is 1. The van der Waals surface area contributed by atoms with Crippen LogP contribution in [0.25, 0.3) is 0 Å². The van der Waals surface area contributed by atoms with E-state index in [4.69, 9.17) is 10.5 Å². The molecule has 29 heavy (non-hydrogen) atoms. The standard InChI is InChI=1S/C21H22N2O3S2.ClH/c1-27-21(12-23-18(24)16(22)19(23)28-13-21)20(25)26-17(14-8-4-2-5-9-14)15-10-6-3-7-11-15;/h2-11,16-17,19H,12-13,22H2,1H3;1H/t16?,19-,21?;/m1./s1. The van der Waals surface area contributed by atoms with Gasteiger partial charge in [-0.15, -0.1) is 35.9 Å². The van der Waals surface area contributed by atoms with Gasteiger partial charge in [-0.25, -0.2) is 0 Å². The van der Waals surface area contributed by atoms with Crippen molar-refractivity contribution in [3.05, 3.63) is 71.8 Å². The van der Waals surface area contributed by atoms with Crippen LogP contribution in [0.1, 0.15) is 17.2 Å². The van der Waals surface area contributed by atoms with Crippen molar-refractivity contribution in [2.75, 3.05) is 18.6 Å². The lowest BCUT2D eigenvalue weighted by Gasteiger charge is -2.52. The highest BCUT2D eigenvalue weighted by molar-refractivity contribution is 8.04. The van der Waals surface area contributed by atoms with Gasteiger partial charge in [0, 0.05) is 12.3 Å². The van der Waals surface area contributed by atoms with Crippen molar-refractivity contribution in [1.29, 1.82) is 0 Å². The zero-order valence-corrected chi connectivity index (χ0v) is 18.3. The number of thioether (sulfide) groups is 2. The molecule has 0 bridgehead atoms. The molecule has 2 aliphatic rings. The lowest BCUT2D eigenvalue weighted by molar-refractivity contribution is -0.154. The molecule has 2 aromatic rings. The molecule has 2 saturated heterocycles. The van der Waals surface area contributed by atoms with Gasteiger partial charge in [0.25, 0.3) is 0 Å². The zero-order chi connectivity index (χ0) is 19.7. The van der Waals surface area contributed by atoms with E-state index in [2.05, 4.69) is 0 Å². The van der Waals surface area contributed by atoms with Gasteiger partial charge >= 0.3 is 5.97 Å². The molecule has 2 N–H and O–H groups in total. The molecule has 2 aromatic carbocycles.